The van der Waals surface area contributed by atoms with Gasteiger partial charge in [0.25, 0.3) is 0 Å². The molecule has 0 bridgehead atoms. The largest absolute Gasteiger partial charge is 0.351 e. The summed E-state index contributed by atoms with van der Waals surface area (Å²) in [4.78, 5) is 11.8. The molecule has 6 heteroatoms. The molecule has 2 heterocycles. The molecule has 0 aromatic carbocycles. The van der Waals surface area contributed by atoms with Crippen LogP contribution in [0.25, 0.3) is 0 Å². The molecule has 6 nitrogen and oxygen atoms in total. The number of carbonyl (C=O) groups is 1. The molecule has 17 heavy (non-hydrogen) atoms. The van der Waals surface area contributed by atoms with Crippen LogP contribution in [0.15, 0.2) is 12.4 Å². The Bertz CT molecular complexity index is 356. The Hall–Kier alpha value is -1.43. The van der Waals surface area contributed by atoms with Gasteiger partial charge in [-0.15, -0.1) is 5.10 Å². The SMILES string of the molecule is CC1(NC(=O)CCn2ccnn2)CCNCC1. The van der Waals surface area contributed by atoms with E-state index in [1.165, 1.54) is 0 Å². The number of hydrogen-bond acceptors (Lipinski definition) is 4. The van der Waals surface area contributed by atoms with Crippen LogP contribution in [0, 0.1) is 0 Å². The van der Waals surface area contributed by atoms with Gasteiger partial charge in [-0.1, -0.05) is 5.21 Å². The lowest BCUT2D eigenvalue weighted by atomic mass is 9.90. The van der Waals surface area contributed by atoms with E-state index in [4.69, 9.17) is 0 Å². The van der Waals surface area contributed by atoms with E-state index in [-0.39, 0.29) is 11.4 Å². The summed E-state index contributed by atoms with van der Waals surface area (Å²) < 4.78 is 1.67. The zero-order valence-corrected chi connectivity index (χ0v) is 10.1. The first-order chi connectivity index (χ1) is 8.18. The van der Waals surface area contributed by atoms with Crippen LogP contribution in [0.5, 0.6) is 0 Å². The Balaban J connectivity index is 1.76. The van der Waals surface area contributed by atoms with Gasteiger partial charge in [0, 0.05) is 18.2 Å². The van der Waals surface area contributed by atoms with E-state index >= 15 is 0 Å². The molecule has 1 saturated heterocycles. The lowest BCUT2D eigenvalue weighted by Crippen LogP contribution is -2.52. The van der Waals surface area contributed by atoms with Gasteiger partial charge in [-0.25, -0.2) is 0 Å². The number of aryl methyl sites for hydroxylation is 1. The average molecular weight is 237 g/mol. The highest BCUT2D eigenvalue weighted by Crippen LogP contribution is 2.17. The fourth-order valence-electron chi connectivity index (χ4n) is 2.07. The molecule has 1 amide bonds. The van der Waals surface area contributed by atoms with Crippen molar-refractivity contribution in [3.8, 4) is 0 Å². The molecule has 1 aliphatic rings. The van der Waals surface area contributed by atoms with Gasteiger partial charge in [-0.2, -0.15) is 0 Å². The van der Waals surface area contributed by atoms with Crippen LogP contribution in [-0.4, -0.2) is 39.5 Å². The van der Waals surface area contributed by atoms with Crippen molar-refractivity contribution in [1.29, 1.82) is 0 Å². The number of nitrogens with zero attached hydrogens (tertiary/aromatic N) is 3. The van der Waals surface area contributed by atoms with Crippen molar-refractivity contribution in [2.24, 2.45) is 0 Å². The van der Waals surface area contributed by atoms with Crippen LogP contribution in [0.2, 0.25) is 0 Å². The molecule has 1 aromatic rings. The second-order valence-electron chi connectivity index (χ2n) is 4.77. The molecule has 0 spiro atoms. The minimum atomic E-state index is -0.0509. The third kappa shape index (κ3) is 3.52. The number of piperidine rings is 1. The van der Waals surface area contributed by atoms with Crippen LogP contribution in [0.3, 0.4) is 0 Å². The predicted molar refractivity (Wildman–Crippen MR) is 63.3 cm³/mol. The van der Waals surface area contributed by atoms with Gasteiger partial charge in [0.1, 0.15) is 0 Å². The van der Waals surface area contributed by atoms with E-state index in [1.807, 2.05) is 0 Å². The third-order valence-electron chi connectivity index (χ3n) is 3.19. The number of nitrogens with one attached hydrogen (secondary N) is 2. The van der Waals surface area contributed by atoms with Crippen molar-refractivity contribution in [2.75, 3.05) is 13.1 Å². The Morgan fingerprint density at radius 3 is 2.94 bits per heavy atom. The summed E-state index contributed by atoms with van der Waals surface area (Å²) in [6.45, 7) is 4.64. The molecule has 1 fully saturated rings. The van der Waals surface area contributed by atoms with Gasteiger partial charge in [0.15, 0.2) is 0 Å². The molecule has 0 atom stereocenters. The predicted octanol–water partition coefficient (Wildman–Crippen LogP) is -0.0735. The molecule has 0 unspecified atom stereocenters. The van der Waals surface area contributed by atoms with Crippen molar-refractivity contribution in [3.63, 3.8) is 0 Å². The van der Waals surface area contributed by atoms with E-state index in [1.54, 1.807) is 17.1 Å². The lowest BCUT2D eigenvalue weighted by Gasteiger charge is -2.35. The fourth-order valence-corrected chi connectivity index (χ4v) is 2.07. The number of rotatable bonds is 4. The number of aromatic nitrogens is 3. The summed E-state index contributed by atoms with van der Waals surface area (Å²) in [5, 5.41) is 13.9. The maximum atomic E-state index is 11.8. The number of carbonyl (C=O) groups excluding carboxylic acids is 1. The average Bonchev–Trinajstić information content (AvgIpc) is 2.79. The van der Waals surface area contributed by atoms with Crippen LogP contribution in [0.4, 0.5) is 0 Å². The van der Waals surface area contributed by atoms with Crippen molar-refractivity contribution >= 4 is 5.91 Å². The fraction of sp³-hybridized carbons (Fsp3) is 0.727. The first kappa shape index (κ1) is 12.0. The van der Waals surface area contributed by atoms with Crippen LogP contribution in [-0.2, 0) is 11.3 Å². The van der Waals surface area contributed by atoms with Gasteiger partial charge in [0.05, 0.1) is 12.7 Å². The van der Waals surface area contributed by atoms with E-state index in [0.29, 0.717) is 13.0 Å². The Morgan fingerprint density at radius 1 is 1.53 bits per heavy atom. The normalized spacial score (nSPS) is 18.9. The smallest absolute Gasteiger partial charge is 0.222 e. The summed E-state index contributed by atoms with van der Waals surface area (Å²) in [6.07, 6.45) is 5.81. The molecule has 0 saturated carbocycles. The first-order valence-corrected chi connectivity index (χ1v) is 6.04. The van der Waals surface area contributed by atoms with Crippen LogP contribution < -0.4 is 10.6 Å². The van der Waals surface area contributed by atoms with Crippen molar-refractivity contribution in [3.05, 3.63) is 12.4 Å². The highest BCUT2D eigenvalue weighted by molar-refractivity contribution is 5.76. The van der Waals surface area contributed by atoms with Gasteiger partial charge >= 0.3 is 0 Å². The van der Waals surface area contributed by atoms with Gasteiger partial charge < -0.3 is 10.6 Å². The molecule has 0 radical (unpaired) electrons. The van der Waals surface area contributed by atoms with Crippen molar-refractivity contribution in [1.82, 2.24) is 25.6 Å². The third-order valence-corrected chi connectivity index (χ3v) is 3.19. The second kappa shape index (κ2) is 5.27. The van der Waals surface area contributed by atoms with Gasteiger partial charge in [0.2, 0.25) is 5.91 Å². The number of hydrogen-bond donors (Lipinski definition) is 2. The topological polar surface area (TPSA) is 71.8 Å². The van der Waals surface area contributed by atoms with Crippen molar-refractivity contribution < 1.29 is 4.79 Å². The highest BCUT2D eigenvalue weighted by atomic mass is 16.1. The standard InChI is InChI=1S/C11H19N5O/c1-11(3-5-12-6-4-11)14-10(17)2-8-16-9-7-13-15-16/h7,9,12H,2-6,8H2,1H3,(H,14,17). The molecule has 94 valence electrons. The molecular formula is C11H19N5O. The maximum Gasteiger partial charge on any atom is 0.222 e. The summed E-state index contributed by atoms with van der Waals surface area (Å²) in [6, 6.07) is 0. The molecule has 0 aliphatic carbocycles. The van der Waals surface area contributed by atoms with E-state index < -0.39 is 0 Å². The zero-order valence-electron chi connectivity index (χ0n) is 10.1. The van der Waals surface area contributed by atoms with Crippen LogP contribution >= 0.6 is 0 Å². The highest BCUT2D eigenvalue weighted by Gasteiger charge is 2.27. The van der Waals surface area contributed by atoms with Crippen molar-refractivity contribution in [2.45, 2.75) is 38.3 Å². The minimum Gasteiger partial charge on any atom is -0.351 e. The first-order valence-electron chi connectivity index (χ1n) is 6.04. The summed E-state index contributed by atoms with van der Waals surface area (Å²) in [5.41, 5.74) is -0.0509. The zero-order chi connectivity index (χ0) is 12.1. The maximum absolute atomic E-state index is 11.8. The van der Waals surface area contributed by atoms with Crippen LogP contribution in [0.1, 0.15) is 26.2 Å². The molecular weight excluding hydrogens is 218 g/mol. The second-order valence-corrected chi connectivity index (χ2v) is 4.77. The van der Waals surface area contributed by atoms with E-state index in [0.717, 1.165) is 25.9 Å². The van der Waals surface area contributed by atoms with E-state index in [2.05, 4.69) is 27.9 Å². The van der Waals surface area contributed by atoms with Gasteiger partial charge in [-0.3, -0.25) is 9.48 Å². The molecule has 2 N–H and O–H groups in total. The Labute approximate surface area is 101 Å². The monoisotopic (exact) mass is 237 g/mol. The van der Waals surface area contributed by atoms with E-state index in [9.17, 15) is 4.79 Å². The minimum absolute atomic E-state index is 0.0509. The Morgan fingerprint density at radius 2 is 2.29 bits per heavy atom. The number of amides is 1. The summed E-state index contributed by atoms with van der Waals surface area (Å²) in [7, 11) is 0. The van der Waals surface area contributed by atoms with Gasteiger partial charge in [-0.05, 0) is 32.9 Å². The molecule has 1 aliphatic heterocycles. The molecule has 2 rings (SSSR count). The summed E-state index contributed by atoms with van der Waals surface area (Å²) in [5.74, 6) is 0.0879. The lowest BCUT2D eigenvalue weighted by molar-refractivity contribution is -0.123. The Kier molecular flexibility index (Phi) is 3.73. The summed E-state index contributed by atoms with van der Waals surface area (Å²) >= 11 is 0. The molecule has 1 aromatic heterocycles. The quantitative estimate of drug-likeness (QED) is 0.768.